The zero-order valence-corrected chi connectivity index (χ0v) is 18.6. The molecular weight excluding hydrogens is 424 g/mol. The third kappa shape index (κ3) is 8.20. The van der Waals surface area contributed by atoms with Gasteiger partial charge in [-0.2, -0.15) is 0 Å². The Kier molecular flexibility index (Phi) is 9.39. The number of aromatic hydroxyl groups is 2. The number of phenolic OH excluding ortho intramolecular Hbond substituents is 2. The van der Waals surface area contributed by atoms with E-state index in [2.05, 4.69) is 0 Å². The Bertz CT molecular complexity index is 884. The molecule has 3 N–H and O–H groups in total. The Morgan fingerprint density at radius 2 is 1.50 bits per heavy atom. The van der Waals surface area contributed by atoms with E-state index in [1.54, 1.807) is 23.9 Å². The van der Waals surface area contributed by atoms with Crippen LogP contribution < -0.4 is 0 Å². The maximum atomic E-state index is 12.0. The highest BCUT2D eigenvalue weighted by molar-refractivity contribution is 7.99. The number of carboxylic acid groups (broad SMARTS) is 1. The normalized spacial score (nSPS) is 11.8. The van der Waals surface area contributed by atoms with E-state index in [-0.39, 0.29) is 30.4 Å². The minimum Gasteiger partial charge on any atom is -0.508 e. The van der Waals surface area contributed by atoms with Gasteiger partial charge in [0.05, 0.1) is 12.8 Å². The molecule has 0 saturated heterocycles. The van der Waals surface area contributed by atoms with Gasteiger partial charge in [0.2, 0.25) is 0 Å². The van der Waals surface area contributed by atoms with E-state index in [0.29, 0.717) is 17.9 Å². The lowest BCUT2D eigenvalue weighted by molar-refractivity contribution is -0.151. The molecule has 0 aromatic heterocycles. The number of esters is 1. The number of carbonyl (C=O) groups excluding carboxylic acids is 1. The summed E-state index contributed by atoms with van der Waals surface area (Å²) < 4.78 is 5.53. The van der Waals surface area contributed by atoms with Crippen molar-refractivity contribution >= 4 is 35.5 Å². The largest absolute Gasteiger partial charge is 0.508 e. The second-order valence-electron chi connectivity index (χ2n) is 6.85. The third-order valence-corrected chi connectivity index (χ3v) is 6.47. The predicted octanol–water partition coefficient (Wildman–Crippen LogP) is 4.77. The Balaban J connectivity index is 1.94. The maximum absolute atomic E-state index is 12.0. The van der Waals surface area contributed by atoms with E-state index in [0.717, 1.165) is 20.9 Å². The summed E-state index contributed by atoms with van der Waals surface area (Å²) in [6, 6.07) is 10.7. The van der Waals surface area contributed by atoms with Gasteiger partial charge >= 0.3 is 11.9 Å². The molecule has 0 radical (unpaired) electrons. The first kappa shape index (κ1) is 24.0. The summed E-state index contributed by atoms with van der Waals surface area (Å²) in [5.74, 6) is 0.168. The molecule has 0 heterocycles. The number of aryl methyl sites for hydroxylation is 2. The van der Waals surface area contributed by atoms with Crippen LogP contribution in [0.15, 0.2) is 46.2 Å². The molecule has 0 fully saturated rings. The zero-order valence-electron chi connectivity index (χ0n) is 17.0. The van der Waals surface area contributed by atoms with Gasteiger partial charge in [0.1, 0.15) is 17.6 Å². The topological polar surface area (TPSA) is 104 Å². The SMILES string of the molecule is Cc1cc(SCCC(CSc2ccc(O)c(C)c2)OC(=O)CCC(=O)O)ccc1O. The second-order valence-corrected chi connectivity index (χ2v) is 9.11. The smallest absolute Gasteiger partial charge is 0.306 e. The first-order valence-corrected chi connectivity index (χ1v) is 11.5. The van der Waals surface area contributed by atoms with Crippen molar-refractivity contribution in [2.24, 2.45) is 0 Å². The van der Waals surface area contributed by atoms with Gasteiger partial charge in [0.25, 0.3) is 0 Å². The molecule has 2 rings (SSSR count). The Morgan fingerprint density at radius 3 is 2.03 bits per heavy atom. The first-order valence-electron chi connectivity index (χ1n) is 9.50. The van der Waals surface area contributed by atoms with Crippen LogP contribution in [0.4, 0.5) is 0 Å². The number of benzene rings is 2. The summed E-state index contributed by atoms with van der Waals surface area (Å²) in [5.41, 5.74) is 1.57. The van der Waals surface area contributed by atoms with Gasteiger partial charge in [-0.1, -0.05) is 0 Å². The number of thioether (sulfide) groups is 2. The summed E-state index contributed by atoms with van der Waals surface area (Å²) in [4.78, 5) is 24.7. The fourth-order valence-electron chi connectivity index (χ4n) is 2.56. The highest BCUT2D eigenvalue weighted by Gasteiger charge is 2.17. The van der Waals surface area contributed by atoms with Crippen molar-refractivity contribution in [1.82, 2.24) is 0 Å². The number of ether oxygens (including phenoxy) is 1. The van der Waals surface area contributed by atoms with Crippen molar-refractivity contribution < 1.29 is 29.6 Å². The quantitative estimate of drug-likeness (QED) is 0.332. The molecule has 2 aromatic rings. The molecule has 0 spiro atoms. The minimum atomic E-state index is -1.03. The van der Waals surface area contributed by atoms with Gasteiger partial charge in [-0.25, -0.2) is 0 Å². The summed E-state index contributed by atoms with van der Waals surface area (Å²) >= 11 is 3.13. The number of phenols is 2. The molecule has 2 aromatic carbocycles. The highest BCUT2D eigenvalue weighted by atomic mass is 32.2. The average molecular weight is 451 g/mol. The Labute approximate surface area is 184 Å². The molecule has 6 nitrogen and oxygen atoms in total. The molecule has 0 amide bonds. The van der Waals surface area contributed by atoms with Gasteiger partial charge in [-0.3, -0.25) is 9.59 Å². The molecule has 0 saturated carbocycles. The van der Waals surface area contributed by atoms with Crippen LogP contribution in [0, 0.1) is 13.8 Å². The molecule has 0 aliphatic heterocycles. The molecule has 0 bridgehead atoms. The fraction of sp³-hybridized carbons (Fsp3) is 0.364. The van der Waals surface area contributed by atoms with Gasteiger partial charge < -0.3 is 20.1 Å². The Morgan fingerprint density at radius 1 is 0.933 bits per heavy atom. The molecule has 0 aliphatic carbocycles. The lowest BCUT2D eigenvalue weighted by atomic mass is 10.2. The van der Waals surface area contributed by atoms with E-state index in [9.17, 15) is 19.8 Å². The number of carboxylic acids is 1. The first-order chi connectivity index (χ1) is 14.2. The van der Waals surface area contributed by atoms with Crippen LogP contribution in [0.25, 0.3) is 0 Å². The van der Waals surface area contributed by atoms with Gasteiger partial charge in [-0.15, -0.1) is 23.5 Å². The third-order valence-electron chi connectivity index (χ3n) is 4.32. The molecule has 8 heteroatoms. The number of rotatable bonds is 11. The summed E-state index contributed by atoms with van der Waals surface area (Å²) in [7, 11) is 0. The average Bonchev–Trinajstić information content (AvgIpc) is 2.69. The van der Waals surface area contributed by atoms with Crippen molar-refractivity contribution in [1.29, 1.82) is 0 Å². The van der Waals surface area contributed by atoms with Crippen LogP contribution in [-0.2, 0) is 14.3 Å². The van der Waals surface area contributed by atoms with Crippen molar-refractivity contribution in [3.63, 3.8) is 0 Å². The van der Waals surface area contributed by atoms with Crippen LogP contribution in [0.3, 0.4) is 0 Å². The van der Waals surface area contributed by atoms with Crippen molar-refractivity contribution in [3.05, 3.63) is 47.5 Å². The van der Waals surface area contributed by atoms with Gasteiger partial charge in [0, 0.05) is 21.3 Å². The predicted molar refractivity (Wildman–Crippen MR) is 119 cm³/mol. The summed E-state index contributed by atoms with van der Waals surface area (Å²) in [5, 5.41) is 28.0. The Hall–Kier alpha value is -2.32. The lowest BCUT2D eigenvalue weighted by Crippen LogP contribution is -2.22. The highest BCUT2D eigenvalue weighted by Crippen LogP contribution is 2.28. The van der Waals surface area contributed by atoms with E-state index in [1.165, 1.54) is 11.8 Å². The minimum absolute atomic E-state index is 0.154. The van der Waals surface area contributed by atoms with E-state index < -0.39 is 11.9 Å². The van der Waals surface area contributed by atoms with Crippen molar-refractivity contribution in [2.45, 2.75) is 49.0 Å². The number of hydrogen-bond donors (Lipinski definition) is 3. The van der Waals surface area contributed by atoms with Crippen LogP contribution in [0.2, 0.25) is 0 Å². The van der Waals surface area contributed by atoms with Crippen LogP contribution in [0.1, 0.15) is 30.4 Å². The molecular formula is C22H26O6S2. The molecule has 30 heavy (non-hydrogen) atoms. The maximum Gasteiger partial charge on any atom is 0.306 e. The van der Waals surface area contributed by atoms with Crippen molar-refractivity contribution in [3.8, 4) is 11.5 Å². The standard InChI is InChI=1S/C22H26O6S2/c1-14-11-17(3-5-19(14)23)29-10-9-16(28-22(27)8-7-21(25)26)13-30-18-4-6-20(24)15(2)12-18/h3-6,11-12,16,23-24H,7-10,13H2,1-2H3,(H,25,26). The van der Waals surface area contributed by atoms with Gasteiger partial charge in [-0.05, 0) is 67.8 Å². The lowest BCUT2D eigenvalue weighted by Gasteiger charge is -2.18. The molecule has 1 unspecified atom stereocenters. The van der Waals surface area contributed by atoms with Gasteiger partial charge in [0.15, 0.2) is 0 Å². The molecule has 1 atom stereocenters. The number of aliphatic carboxylic acids is 1. The number of carbonyl (C=O) groups is 2. The van der Waals surface area contributed by atoms with E-state index >= 15 is 0 Å². The monoisotopic (exact) mass is 450 g/mol. The summed E-state index contributed by atoms with van der Waals surface area (Å²) in [6.45, 7) is 3.65. The zero-order chi connectivity index (χ0) is 22.1. The van der Waals surface area contributed by atoms with Crippen LogP contribution in [0.5, 0.6) is 11.5 Å². The molecule has 162 valence electrons. The second kappa shape index (κ2) is 11.8. The number of hydrogen-bond acceptors (Lipinski definition) is 7. The van der Waals surface area contributed by atoms with Crippen molar-refractivity contribution in [2.75, 3.05) is 11.5 Å². The summed E-state index contributed by atoms with van der Waals surface area (Å²) in [6.07, 6.45) is -0.166. The van der Waals surface area contributed by atoms with Crippen LogP contribution in [-0.4, -0.2) is 44.9 Å². The van der Waals surface area contributed by atoms with E-state index in [1.807, 2.05) is 38.1 Å². The van der Waals surface area contributed by atoms with E-state index in [4.69, 9.17) is 9.84 Å². The van der Waals surface area contributed by atoms with Crippen LogP contribution >= 0.6 is 23.5 Å². The fourth-order valence-corrected chi connectivity index (χ4v) is 4.64. The molecule has 0 aliphatic rings.